The summed E-state index contributed by atoms with van der Waals surface area (Å²) in [5.74, 6) is -0.0956. The molecule has 19 heavy (non-hydrogen) atoms. The Morgan fingerprint density at radius 1 is 1.53 bits per heavy atom. The third-order valence-electron chi connectivity index (χ3n) is 2.86. The van der Waals surface area contributed by atoms with Gasteiger partial charge in [0.25, 0.3) is 0 Å². The molecular weight excluding hydrogens is 268 g/mol. The normalized spacial score (nSPS) is 18.5. The van der Waals surface area contributed by atoms with Crippen molar-refractivity contribution >= 4 is 17.6 Å². The summed E-state index contributed by atoms with van der Waals surface area (Å²) in [5, 5.41) is 0.424. The number of ether oxygens (including phenoxy) is 3. The molecule has 1 aromatic carbocycles. The van der Waals surface area contributed by atoms with E-state index in [-0.39, 0.29) is 12.7 Å². The van der Waals surface area contributed by atoms with E-state index in [9.17, 15) is 4.79 Å². The maximum absolute atomic E-state index is 11.6. The molecule has 4 nitrogen and oxygen atoms in total. The summed E-state index contributed by atoms with van der Waals surface area (Å²) >= 11 is 5.97. The van der Waals surface area contributed by atoms with E-state index in [1.165, 1.54) is 0 Å². The van der Waals surface area contributed by atoms with Crippen LogP contribution in [0, 0.1) is 6.92 Å². The van der Waals surface area contributed by atoms with E-state index in [2.05, 4.69) is 0 Å². The first-order valence-corrected chi connectivity index (χ1v) is 6.69. The van der Waals surface area contributed by atoms with Gasteiger partial charge >= 0.3 is 5.97 Å². The Balaban J connectivity index is 1.74. The second-order valence-electron chi connectivity index (χ2n) is 4.56. The zero-order chi connectivity index (χ0) is 13.7. The van der Waals surface area contributed by atoms with Crippen molar-refractivity contribution in [3.8, 4) is 5.75 Å². The Labute approximate surface area is 117 Å². The molecule has 0 saturated carbocycles. The van der Waals surface area contributed by atoms with E-state index in [4.69, 9.17) is 25.8 Å². The number of benzene rings is 1. The minimum absolute atomic E-state index is 0.0932. The van der Waals surface area contributed by atoms with Crippen LogP contribution in [0.3, 0.4) is 0 Å². The molecule has 2 rings (SSSR count). The van der Waals surface area contributed by atoms with E-state index in [1.54, 1.807) is 12.1 Å². The number of halogens is 1. The van der Waals surface area contributed by atoms with E-state index < -0.39 is 5.97 Å². The van der Waals surface area contributed by atoms with Gasteiger partial charge in [-0.25, -0.2) is 4.79 Å². The third-order valence-corrected chi connectivity index (χ3v) is 3.15. The van der Waals surface area contributed by atoms with Gasteiger partial charge in [-0.2, -0.15) is 0 Å². The predicted octanol–water partition coefficient (Wildman–Crippen LogP) is 2.75. The molecular formula is C14H17ClO4. The number of hydrogen-bond acceptors (Lipinski definition) is 4. The lowest BCUT2D eigenvalue weighted by Gasteiger charge is -2.10. The van der Waals surface area contributed by atoms with Crippen molar-refractivity contribution in [3.63, 3.8) is 0 Å². The van der Waals surface area contributed by atoms with Crippen LogP contribution in [0.2, 0.25) is 5.02 Å². The standard InChI is InChI=1S/C14H17ClO4/c1-10-4-5-13(12(15)7-10)19-14(16)9-17-8-11-3-2-6-18-11/h4-5,7,11H,2-3,6,8-9H2,1H3/t11-/m0/s1. The quantitative estimate of drug-likeness (QED) is 0.616. The number of aryl methyl sites for hydroxylation is 1. The minimum Gasteiger partial charge on any atom is -0.423 e. The molecule has 1 atom stereocenters. The van der Waals surface area contributed by atoms with Crippen LogP contribution in [0.1, 0.15) is 18.4 Å². The van der Waals surface area contributed by atoms with E-state index in [0.717, 1.165) is 25.0 Å². The fourth-order valence-corrected chi connectivity index (χ4v) is 2.16. The summed E-state index contributed by atoms with van der Waals surface area (Å²) in [6, 6.07) is 5.26. The lowest BCUT2D eigenvalue weighted by molar-refractivity contribution is -0.140. The van der Waals surface area contributed by atoms with Gasteiger partial charge in [0, 0.05) is 6.61 Å². The van der Waals surface area contributed by atoms with Crippen molar-refractivity contribution in [2.45, 2.75) is 25.9 Å². The van der Waals surface area contributed by atoms with E-state index in [0.29, 0.717) is 17.4 Å². The highest BCUT2D eigenvalue weighted by molar-refractivity contribution is 6.32. The third kappa shape index (κ3) is 4.49. The first kappa shape index (κ1) is 14.3. The first-order chi connectivity index (χ1) is 9.15. The molecule has 5 heteroatoms. The van der Waals surface area contributed by atoms with Gasteiger partial charge in [-0.3, -0.25) is 0 Å². The summed E-state index contributed by atoms with van der Waals surface area (Å²) in [6.07, 6.45) is 2.15. The fourth-order valence-electron chi connectivity index (χ4n) is 1.89. The number of esters is 1. The van der Waals surface area contributed by atoms with Gasteiger partial charge in [0.2, 0.25) is 0 Å². The molecule has 1 aromatic rings. The highest BCUT2D eigenvalue weighted by Crippen LogP contribution is 2.25. The molecule has 0 aromatic heterocycles. The zero-order valence-corrected chi connectivity index (χ0v) is 11.6. The lowest BCUT2D eigenvalue weighted by Crippen LogP contribution is -2.21. The fraction of sp³-hybridized carbons (Fsp3) is 0.500. The first-order valence-electron chi connectivity index (χ1n) is 6.31. The van der Waals surface area contributed by atoms with Gasteiger partial charge in [0.05, 0.1) is 17.7 Å². The summed E-state index contributed by atoms with van der Waals surface area (Å²) in [4.78, 5) is 11.6. The molecule has 0 unspecified atom stereocenters. The van der Waals surface area contributed by atoms with Crippen LogP contribution >= 0.6 is 11.6 Å². The van der Waals surface area contributed by atoms with Crippen molar-refractivity contribution < 1.29 is 19.0 Å². The Bertz CT molecular complexity index is 441. The molecule has 1 saturated heterocycles. The highest BCUT2D eigenvalue weighted by Gasteiger charge is 2.16. The molecule has 0 aliphatic carbocycles. The average molecular weight is 285 g/mol. The molecule has 0 N–H and O–H groups in total. The van der Waals surface area contributed by atoms with Crippen molar-refractivity contribution in [2.75, 3.05) is 19.8 Å². The lowest BCUT2D eigenvalue weighted by atomic mass is 10.2. The maximum Gasteiger partial charge on any atom is 0.337 e. The van der Waals surface area contributed by atoms with Crippen molar-refractivity contribution in [2.24, 2.45) is 0 Å². The van der Waals surface area contributed by atoms with Gasteiger partial charge in [-0.1, -0.05) is 17.7 Å². The van der Waals surface area contributed by atoms with Gasteiger partial charge in [0.1, 0.15) is 12.4 Å². The molecule has 1 fully saturated rings. The molecule has 0 radical (unpaired) electrons. The second kappa shape index (κ2) is 6.89. The van der Waals surface area contributed by atoms with Crippen LogP contribution in [0.4, 0.5) is 0 Å². The Morgan fingerprint density at radius 3 is 3.05 bits per heavy atom. The Kier molecular flexibility index (Phi) is 5.19. The molecule has 1 heterocycles. The molecule has 0 bridgehead atoms. The average Bonchev–Trinajstić information content (AvgIpc) is 2.86. The van der Waals surface area contributed by atoms with Crippen LogP contribution in [-0.4, -0.2) is 31.9 Å². The maximum atomic E-state index is 11.6. The predicted molar refractivity (Wildman–Crippen MR) is 71.6 cm³/mol. The van der Waals surface area contributed by atoms with Crippen LogP contribution in [0.5, 0.6) is 5.75 Å². The Morgan fingerprint density at radius 2 is 2.37 bits per heavy atom. The largest absolute Gasteiger partial charge is 0.423 e. The molecule has 1 aliphatic rings. The van der Waals surface area contributed by atoms with Gasteiger partial charge in [0.15, 0.2) is 0 Å². The number of carbonyl (C=O) groups is 1. The zero-order valence-electron chi connectivity index (χ0n) is 10.9. The van der Waals surface area contributed by atoms with Crippen LogP contribution in [0.15, 0.2) is 18.2 Å². The van der Waals surface area contributed by atoms with Crippen LogP contribution in [0.25, 0.3) is 0 Å². The number of hydrogen-bond donors (Lipinski definition) is 0. The molecule has 104 valence electrons. The topological polar surface area (TPSA) is 44.8 Å². The second-order valence-corrected chi connectivity index (χ2v) is 4.97. The SMILES string of the molecule is Cc1ccc(OC(=O)COC[C@@H]2CCCO2)c(Cl)c1. The molecule has 0 amide bonds. The summed E-state index contributed by atoms with van der Waals surface area (Å²) in [5.41, 5.74) is 1.01. The molecule has 0 spiro atoms. The van der Waals surface area contributed by atoms with Crippen molar-refractivity contribution in [3.05, 3.63) is 28.8 Å². The van der Waals surface area contributed by atoms with Crippen LogP contribution in [-0.2, 0) is 14.3 Å². The number of rotatable bonds is 5. The minimum atomic E-state index is -0.455. The summed E-state index contributed by atoms with van der Waals surface area (Å²) in [7, 11) is 0. The van der Waals surface area contributed by atoms with Crippen molar-refractivity contribution in [1.82, 2.24) is 0 Å². The van der Waals surface area contributed by atoms with Gasteiger partial charge in [-0.05, 0) is 37.5 Å². The monoisotopic (exact) mass is 284 g/mol. The summed E-state index contributed by atoms with van der Waals surface area (Å²) < 4.78 is 15.8. The Hall–Kier alpha value is -1.10. The van der Waals surface area contributed by atoms with Gasteiger partial charge in [-0.15, -0.1) is 0 Å². The van der Waals surface area contributed by atoms with Crippen molar-refractivity contribution in [1.29, 1.82) is 0 Å². The highest BCUT2D eigenvalue weighted by atomic mass is 35.5. The molecule has 1 aliphatic heterocycles. The summed E-state index contributed by atoms with van der Waals surface area (Å²) in [6.45, 7) is 3.03. The smallest absolute Gasteiger partial charge is 0.337 e. The number of carbonyl (C=O) groups excluding carboxylic acids is 1. The van der Waals surface area contributed by atoms with E-state index >= 15 is 0 Å². The van der Waals surface area contributed by atoms with Crippen LogP contribution < -0.4 is 4.74 Å². The van der Waals surface area contributed by atoms with Gasteiger partial charge < -0.3 is 14.2 Å². The van der Waals surface area contributed by atoms with E-state index in [1.807, 2.05) is 13.0 Å².